The number of nitrogens with one attached hydrogen (secondary N) is 1. The highest BCUT2D eigenvalue weighted by Gasteiger charge is 2.28. The minimum atomic E-state index is -0.623. The molecule has 9 nitrogen and oxygen atoms in total. The molecule has 0 fully saturated rings. The molecule has 1 N–H and O–H groups in total. The third-order valence-corrected chi connectivity index (χ3v) is 6.78. The van der Waals surface area contributed by atoms with Crippen LogP contribution >= 0.6 is 11.3 Å². The zero-order valence-electron chi connectivity index (χ0n) is 21.3. The van der Waals surface area contributed by atoms with E-state index in [1.54, 1.807) is 44.6 Å². The van der Waals surface area contributed by atoms with Gasteiger partial charge in [0.25, 0.3) is 5.91 Å². The normalized spacial score (nSPS) is 11.1. The summed E-state index contributed by atoms with van der Waals surface area (Å²) in [7, 11) is 0. The molecule has 0 saturated heterocycles. The number of aryl methyl sites for hydroxylation is 1. The minimum Gasteiger partial charge on any atom is -0.462 e. The van der Waals surface area contributed by atoms with Gasteiger partial charge in [0.2, 0.25) is 0 Å². The van der Waals surface area contributed by atoms with Crippen LogP contribution in [0.4, 0.5) is 5.00 Å². The van der Waals surface area contributed by atoms with Crippen LogP contribution in [0.5, 0.6) is 0 Å². The van der Waals surface area contributed by atoms with E-state index >= 15 is 0 Å². The summed E-state index contributed by atoms with van der Waals surface area (Å²) in [5.74, 6) is -1.63. The van der Waals surface area contributed by atoms with Crippen molar-refractivity contribution in [1.29, 1.82) is 0 Å². The predicted molar refractivity (Wildman–Crippen MR) is 142 cm³/mol. The maximum absolute atomic E-state index is 13.7. The van der Waals surface area contributed by atoms with Crippen molar-refractivity contribution in [2.75, 3.05) is 11.9 Å². The van der Waals surface area contributed by atoms with Gasteiger partial charge in [-0.1, -0.05) is 18.2 Å². The highest BCUT2D eigenvalue weighted by molar-refractivity contribution is 7.18. The SMILES string of the molecule is CCOC(=O)c1sc(NC(=O)c2cc(-c3cnn(CC)c3)nc3ccccc23)c(C(=O)OC(C)C)c1C. The molecule has 0 aliphatic carbocycles. The van der Waals surface area contributed by atoms with Crippen molar-refractivity contribution in [3.05, 3.63) is 64.3 Å². The summed E-state index contributed by atoms with van der Waals surface area (Å²) in [5.41, 5.74) is 2.92. The van der Waals surface area contributed by atoms with Crippen LogP contribution in [-0.4, -0.2) is 45.3 Å². The second-order valence-electron chi connectivity index (χ2n) is 8.55. The standard InChI is InChI=1S/C27H28N4O5S/c1-6-31-14-17(13-28-31)21-12-19(18-10-8-9-11-20(18)29-21)24(32)30-25-22(26(33)36-15(3)4)16(5)23(37-25)27(34)35-7-2/h8-15H,6-7H2,1-5H3,(H,30,32). The smallest absolute Gasteiger partial charge is 0.348 e. The topological polar surface area (TPSA) is 112 Å². The van der Waals surface area contributed by atoms with E-state index < -0.39 is 17.8 Å². The van der Waals surface area contributed by atoms with Crippen molar-refractivity contribution >= 4 is 45.1 Å². The number of esters is 2. The molecular weight excluding hydrogens is 492 g/mol. The lowest BCUT2D eigenvalue weighted by molar-refractivity contribution is 0.0379. The van der Waals surface area contributed by atoms with Crippen LogP contribution in [-0.2, 0) is 16.0 Å². The summed E-state index contributed by atoms with van der Waals surface area (Å²) in [6.45, 7) is 9.68. The third-order valence-electron chi connectivity index (χ3n) is 5.60. The maximum atomic E-state index is 13.7. The molecule has 0 aliphatic heterocycles. The van der Waals surface area contributed by atoms with Crippen LogP contribution in [0.2, 0.25) is 0 Å². The lowest BCUT2D eigenvalue weighted by atomic mass is 10.0. The van der Waals surface area contributed by atoms with Crippen LogP contribution < -0.4 is 5.32 Å². The predicted octanol–water partition coefficient (Wildman–Crippen LogP) is 5.48. The summed E-state index contributed by atoms with van der Waals surface area (Å²) >= 11 is 0.989. The number of hydrogen-bond acceptors (Lipinski definition) is 8. The molecule has 0 atom stereocenters. The third kappa shape index (κ3) is 5.39. The Morgan fingerprint density at radius 2 is 1.89 bits per heavy atom. The van der Waals surface area contributed by atoms with Crippen LogP contribution in [0, 0.1) is 6.92 Å². The monoisotopic (exact) mass is 520 g/mol. The molecule has 1 amide bonds. The quantitative estimate of drug-likeness (QED) is 0.306. The second kappa shape index (κ2) is 10.9. The number of pyridine rings is 1. The van der Waals surface area contributed by atoms with Crippen molar-refractivity contribution in [2.24, 2.45) is 0 Å². The number of carbonyl (C=O) groups is 3. The molecule has 0 spiro atoms. The van der Waals surface area contributed by atoms with Gasteiger partial charge in [0.1, 0.15) is 9.88 Å². The van der Waals surface area contributed by atoms with Crippen LogP contribution in [0.1, 0.15) is 63.6 Å². The van der Waals surface area contributed by atoms with E-state index in [0.29, 0.717) is 34.3 Å². The fourth-order valence-electron chi connectivity index (χ4n) is 3.86. The number of para-hydroxylation sites is 1. The van der Waals surface area contributed by atoms with Gasteiger partial charge in [-0.15, -0.1) is 11.3 Å². The molecule has 1 aromatic carbocycles. The molecule has 4 rings (SSSR count). The Bertz CT molecular complexity index is 1490. The highest BCUT2D eigenvalue weighted by atomic mass is 32.1. The van der Waals surface area contributed by atoms with E-state index in [4.69, 9.17) is 14.5 Å². The Hall–Kier alpha value is -4.05. The summed E-state index contributed by atoms with van der Waals surface area (Å²) < 4.78 is 12.3. The van der Waals surface area contributed by atoms with Gasteiger partial charge in [-0.3, -0.25) is 9.48 Å². The van der Waals surface area contributed by atoms with Gasteiger partial charge < -0.3 is 14.8 Å². The first-order valence-electron chi connectivity index (χ1n) is 12.0. The Labute approximate surface area is 218 Å². The largest absolute Gasteiger partial charge is 0.462 e. The number of benzene rings is 1. The number of amides is 1. The highest BCUT2D eigenvalue weighted by Crippen LogP contribution is 2.35. The molecule has 10 heteroatoms. The van der Waals surface area contributed by atoms with Crippen LogP contribution in [0.25, 0.3) is 22.2 Å². The molecule has 0 radical (unpaired) electrons. The van der Waals surface area contributed by atoms with Crippen molar-refractivity contribution < 1.29 is 23.9 Å². The molecular formula is C27H28N4O5S. The van der Waals surface area contributed by atoms with Gasteiger partial charge in [-0.05, 0) is 52.3 Å². The molecule has 192 valence electrons. The number of ether oxygens (including phenoxy) is 2. The maximum Gasteiger partial charge on any atom is 0.348 e. The number of rotatable bonds is 8. The van der Waals surface area contributed by atoms with E-state index in [0.717, 1.165) is 16.9 Å². The van der Waals surface area contributed by atoms with Gasteiger partial charge in [0.05, 0.1) is 41.2 Å². The number of aromatic nitrogens is 3. The zero-order chi connectivity index (χ0) is 26.7. The van der Waals surface area contributed by atoms with Crippen molar-refractivity contribution in [3.8, 4) is 11.3 Å². The van der Waals surface area contributed by atoms with E-state index in [-0.39, 0.29) is 28.2 Å². The van der Waals surface area contributed by atoms with Crippen molar-refractivity contribution in [3.63, 3.8) is 0 Å². The number of thiophene rings is 1. The van der Waals surface area contributed by atoms with E-state index in [2.05, 4.69) is 10.4 Å². The Morgan fingerprint density at radius 3 is 2.57 bits per heavy atom. The number of anilines is 1. The van der Waals surface area contributed by atoms with E-state index in [9.17, 15) is 14.4 Å². The number of nitrogens with zero attached hydrogens (tertiary/aromatic N) is 3. The average molecular weight is 521 g/mol. The van der Waals surface area contributed by atoms with Crippen LogP contribution in [0.15, 0.2) is 42.7 Å². The molecule has 4 aromatic rings. The van der Waals surface area contributed by atoms with Gasteiger partial charge in [-0.25, -0.2) is 14.6 Å². The Morgan fingerprint density at radius 1 is 1.14 bits per heavy atom. The first-order chi connectivity index (χ1) is 17.7. The Kier molecular flexibility index (Phi) is 7.68. The first-order valence-corrected chi connectivity index (χ1v) is 12.8. The molecule has 3 heterocycles. The van der Waals surface area contributed by atoms with Crippen molar-refractivity contribution in [2.45, 2.75) is 47.3 Å². The van der Waals surface area contributed by atoms with E-state index in [1.807, 2.05) is 37.4 Å². The van der Waals surface area contributed by atoms with Crippen LogP contribution in [0.3, 0.4) is 0 Å². The summed E-state index contributed by atoms with van der Waals surface area (Å²) in [4.78, 5) is 44.1. The lowest BCUT2D eigenvalue weighted by Gasteiger charge is -2.12. The lowest BCUT2D eigenvalue weighted by Crippen LogP contribution is -2.17. The molecule has 0 aliphatic rings. The van der Waals surface area contributed by atoms with Gasteiger partial charge >= 0.3 is 11.9 Å². The first kappa shape index (κ1) is 26.0. The van der Waals surface area contributed by atoms with Gasteiger partial charge in [0.15, 0.2) is 0 Å². The minimum absolute atomic E-state index is 0.137. The van der Waals surface area contributed by atoms with Gasteiger partial charge in [0, 0.05) is 23.7 Å². The number of hydrogen-bond donors (Lipinski definition) is 1. The molecule has 0 unspecified atom stereocenters. The molecule has 0 bridgehead atoms. The van der Waals surface area contributed by atoms with Crippen molar-refractivity contribution in [1.82, 2.24) is 14.8 Å². The number of fused-ring (bicyclic) bond motifs is 1. The fourth-order valence-corrected chi connectivity index (χ4v) is 4.95. The fraction of sp³-hybridized carbons (Fsp3) is 0.296. The summed E-state index contributed by atoms with van der Waals surface area (Å²) in [6.07, 6.45) is 3.20. The Balaban J connectivity index is 1.79. The van der Waals surface area contributed by atoms with E-state index in [1.165, 1.54) is 0 Å². The average Bonchev–Trinajstić information content (AvgIpc) is 3.47. The van der Waals surface area contributed by atoms with Gasteiger partial charge in [-0.2, -0.15) is 5.10 Å². The molecule has 0 saturated carbocycles. The second-order valence-corrected chi connectivity index (χ2v) is 9.57. The molecule has 3 aromatic heterocycles. The summed E-state index contributed by atoms with van der Waals surface area (Å²) in [5, 5.41) is 8.03. The summed E-state index contributed by atoms with van der Waals surface area (Å²) in [6, 6.07) is 9.03. The zero-order valence-corrected chi connectivity index (χ0v) is 22.1. The number of carbonyl (C=O) groups excluding carboxylic acids is 3. The molecule has 37 heavy (non-hydrogen) atoms.